The smallest absolute Gasteiger partial charge is 0.307 e. The van der Waals surface area contributed by atoms with E-state index in [1.807, 2.05) is 35.7 Å². The van der Waals surface area contributed by atoms with E-state index in [9.17, 15) is 9.59 Å². The van der Waals surface area contributed by atoms with Crippen molar-refractivity contribution in [2.75, 3.05) is 27.4 Å². The fourth-order valence-corrected chi connectivity index (χ4v) is 4.04. The van der Waals surface area contributed by atoms with Gasteiger partial charge >= 0.3 is 5.97 Å². The molecular weight excluding hydrogens is 442 g/mol. The largest absolute Gasteiger partial charge is 0.493 e. The summed E-state index contributed by atoms with van der Waals surface area (Å²) in [6.45, 7) is 2.69. The summed E-state index contributed by atoms with van der Waals surface area (Å²) in [5, 5.41) is 2.65. The second kappa shape index (κ2) is 12.0. The van der Waals surface area contributed by atoms with Crippen molar-refractivity contribution >= 4 is 23.2 Å². The number of amides is 1. The van der Waals surface area contributed by atoms with Gasteiger partial charge in [-0.3, -0.25) is 14.6 Å². The fraction of sp³-hybridized carbons (Fsp3) is 0.333. The quantitative estimate of drug-likeness (QED) is 0.395. The first-order valence-corrected chi connectivity index (χ1v) is 11.4. The monoisotopic (exact) mass is 469 g/mol. The Morgan fingerprint density at radius 1 is 1.12 bits per heavy atom. The molecule has 174 valence electrons. The number of carbonyl (C=O) groups excluding carboxylic acids is 2. The molecule has 0 fully saturated rings. The lowest BCUT2D eigenvalue weighted by atomic mass is 10.2. The zero-order chi connectivity index (χ0) is 23.6. The molecular formula is C24H27N3O5S. The number of rotatable bonds is 11. The zero-order valence-corrected chi connectivity index (χ0v) is 19.8. The third-order valence-corrected chi connectivity index (χ3v) is 5.79. The summed E-state index contributed by atoms with van der Waals surface area (Å²) >= 11 is 1.46. The molecule has 0 radical (unpaired) electrons. The number of pyridine rings is 1. The Balaban J connectivity index is 1.72. The van der Waals surface area contributed by atoms with Crippen molar-refractivity contribution in [2.45, 2.75) is 26.3 Å². The zero-order valence-electron chi connectivity index (χ0n) is 18.9. The first kappa shape index (κ1) is 24.2. The van der Waals surface area contributed by atoms with Gasteiger partial charge in [-0.25, -0.2) is 4.98 Å². The Morgan fingerprint density at radius 2 is 1.94 bits per heavy atom. The summed E-state index contributed by atoms with van der Waals surface area (Å²) < 4.78 is 15.7. The van der Waals surface area contributed by atoms with Gasteiger partial charge in [-0.1, -0.05) is 6.07 Å². The van der Waals surface area contributed by atoms with Gasteiger partial charge in [0.25, 0.3) is 0 Å². The maximum Gasteiger partial charge on any atom is 0.307 e. The molecule has 2 aromatic heterocycles. The predicted molar refractivity (Wildman–Crippen MR) is 125 cm³/mol. The Bertz CT molecular complexity index is 1070. The molecule has 0 aliphatic rings. The topological polar surface area (TPSA) is 90.9 Å². The predicted octanol–water partition coefficient (Wildman–Crippen LogP) is 3.75. The number of thiazole rings is 1. The first-order valence-electron chi connectivity index (χ1n) is 10.5. The van der Waals surface area contributed by atoms with Gasteiger partial charge < -0.3 is 19.1 Å². The van der Waals surface area contributed by atoms with Crippen LogP contribution < -0.4 is 9.47 Å². The Hall–Kier alpha value is -3.46. The van der Waals surface area contributed by atoms with Gasteiger partial charge in [-0.05, 0) is 36.8 Å². The molecule has 3 rings (SSSR count). The Morgan fingerprint density at radius 3 is 2.64 bits per heavy atom. The first-order chi connectivity index (χ1) is 16.0. The Labute approximate surface area is 197 Å². The van der Waals surface area contributed by atoms with Crippen LogP contribution in [0.15, 0.2) is 48.1 Å². The van der Waals surface area contributed by atoms with Gasteiger partial charge in [0.1, 0.15) is 5.01 Å². The van der Waals surface area contributed by atoms with Crippen molar-refractivity contribution in [1.29, 1.82) is 0 Å². The maximum atomic E-state index is 13.1. The second-order valence-electron chi connectivity index (χ2n) is 7.12. The summed E-state index contributed by atoms with van der Waals surface area (Å²) in [7, 11) is 3.17. The molecule has 1 aromatic carbocycles. The fourth-order valence-electron chi connectivity index (χ4n) is 3.22. The highest BCUT2D eigenvalue weighted by molar-refractivity contribution is 7.13. The third-order valence-electron chi connectivity index (χ3n) is 4.85. The standard InChI is InChI=1S/C24H27N3O5S/c1-4-32-23(29)9-11-27(15-17-6-5-10-25-14-17)22(28)13-19-16-33-24(26-19)18-7-8-20(30-2)21(12-18)31-3/h5-8,10,12,14,16H,4,9,11,13,15H2,1-3H3. The van der Waals surface area contributed by atoms with E-state index in [0.717, 1.165) is 16.1 Å². The highest BCUT2D eigenvalue weighted by Crippen LogP contribution is 2.33. The lowest BCUT2D eigenvalue weighted by Gasteiger charge is -2.22. The van der Waals surface area contributed by atoms with Crippen LogP contribution in [0.2, 0.25) is 0 Å². The van der Waals surface area contributed by atoms with E-state index in [2.05, 4.69) is 9.97 Å². The minimum atomic E-state index is -0.328. The number of benzene rings is 1. The van der Waals surface area contributed by atoms with Crippen molar-refractivity contribution in [3.63, 3.8) is 0 Å². The van der Waals surface area contributed by atoms with Crippen LogP contribution in [-0.4, -0.2) is 54.1 Å². The summed E-state index contributed by atoms with van der Waals surface area (Å²) in [6.07, 6.45) is 3.66. The summed E-state index contributed by atoms with van der Waals surface area (Å²) in [4.78, 5) is 35.3. The molecule has 0 N–H and O–H groups in total. The molecule has 0 aliphatic carbocycles. The molecule has 3 aromatic rings. The van der Waals surface area contributed by atoms with Gasteiger partial charge in [-0.15, -0.1) is 11.3 Å². The number of hydrogen-bond acceptors (Lipinski definition) is 8. The van der Waals surface area contributed by atoms with E-state index in [-0.39, 0.29) is 31.3 Å². The van der Waals surface area contributed by atoms with Crippen LogP contribution in [0.4, 0.5) is 0 Å². The number of methoxy groups -OCH3 is 2. The van der Waals surface area contributed by atoms with Crippen molar-refractivity contribution < 1.29 is 23.8 Å². The molecule has 0 aliphatic heterocycles. The van der Waals surface area contributed by atoms with Crippen LogP contribution in [0.1, 0.15) is 24.6 Å². The molecule has 2 heterocycles. The lowest BCUT2D eigenvalue weighted by molar-refractivity contribution is -0.144. The minimum absolute atomic E-state index is 0.118. The van der Waals surface area contributed by atoms with Gasteiger partial charge in [0.05, 0.1) is 39.4 Å². The highest BCUT2D eigenvalue weighted by atomic mass is 32.1. The molecule has 0 saturated heterocycles. The molecule has 0 spiro atoms. The lowest BCUT2D eigenvalue weighted by Crippen LogP contribution is -2.34. The number of nitrogens with zero attached hydrogens (tertiary/aromatic N) is 3. The molecule has 0 bridgehead atoms. The van der Waals surface area contributed by atoms with Crippen molar-refractivity contribution in [1.82, 2.24) is 14.9 Å². The van der Waals surface area contributed by atoms with E-state index in [4.69, 9.17) is 14.2 Å². The summed E-state index contributed by atoms with van der Waals surface area (Å²) in [6, 6.07) is 9.30. The van der Waals surface area contributed by atoms with E-state index in [1.54, 1.807) is 38.4 Å². The molecule has 1 amide bonds. The van der Waals surface area contributed by atoms with Crippen LogP contribution in [0.25, 0.3) is 10.6 Å². The van der Waals surface area contributed by atoms with Crippen LogP contribution in [0.3, 0.4) is 0 Å². The minimum Gasteiger partial charge on any atom is -0.493 e. The average Bonchev–Trinajstić information content (AvgIpc) is 3.30. The molecule has 0 saturated carbocycles. The number of ether oxygens (including phenoxy) is 3. The van der Waals surface area contributed by atoms with E-state index in [1.165, 1.54) is 11.3 Å². The van der Waals surface area contributed by atoms with Gasteiger partial charge in [0.15, 0.2) is 11.5 Å². The van der Waals surface area contributed by atoms with E-state index >= 15 is 0 Å². The van der Waals surface area contributed by atoms with E-state index in [0.29, 0.717) is 30.3 Å². The van der Waals surface area contributed by atoms with E-state index < -0.39 is 0 Å². The van der Waals surface area contributed by atoms with Crippen molar-refractivity contribution in [2.24, 2.45) is 0 Å². The molecule has 8 nitrogen and oxygen atoms in total. The average molecular weight is 470 g/mol. The Kier molecular flexibility index (Phi) is 8.77. The number of carbonyl (C=O) groups is 2. The molecule has 9 heteroatoms. The number of aromatic nitrogens is 2. The number of esters is 1. The van der Waals surface area contributed by atoms with Crippen molar-refractivity contribution in [3.05, 3.63) is 59.4 Å². The number of hydrogen-bond donors (Lipinski definition) is 0. The highest BCUT2D eigenvalue weighted by Gasteiger charge is 2.19. The van der Waals surface area contributed by atoms with Gasteiger partial charge in [0, 0.05) is 36.4 Å². The summed E-state index contributed by atoms with van der Waals surface area (Å²) in [5.74, 6) is 0.809. The van der Waals surface area contributed by atoms with Crippen LogP contribution in [0, 0.1) is 0 Å². The molecule has 0 unspecified atom stereocenters. The molecule has 33 heavy (non-hydrogen) atoms. The van der Waals surface area contributed by atoms with Gasteiger partial charge in [-0.2, -0.15) is 0 Å². The summed E-state index contributed by atoms with van der Waals surface area (Å²) in [5.41, 5.74) is 2.44. The van der Waals surface area contributed by atoms with Gasteiger partial charge in [0.2, 0.25) is 5.91 Å². The van der Waals surface area contributed by atoms with Crippen LogP contribution in [-0.2, 0) is 27.3 Å². The molecule has 0 atom stereocenters. The third kappa shape index (κ3) is 6.76. The van der Waals surface area contributed by atoms with Crippen LogP contribution >= 0.6 is 11.3 Å². The normalized spacial score (nSPS) is 10.5. The second-order valence-corrected chi connectivity index (χ2v) is 7.98. The van der Waals surface area contributed by atoms with Crippen LogP contribution in [0.5, 0.6) is 11.5 Å². The SMILES string of the molecule is CCOC(=O)CCN(Cc1cccnc1)C(=O)Cc1csc(-c2ccc(OC)c(OC)c2)n1. The maximum absolute atomic E-state index is 13.1. The van der Waals surface area contributed by atoms with Crippen molar-refractivity contribution in [3.8, 4) is 22.1 Å².